The van der Waals surface area contributed by atoms with Gasteiger partial charge in [0.1, 0.15) is 11.2 Å². The van der Waals surface area contributed by atoms with Crippen LogP contribution in [0.15, 0.2) is 168 Å². The maximum absolute atomic E-state index is 6.53. The standard InChI is InChI=1S/C49H33NOS/c1-49(2)42-15-6-3-11-36(42)37-26-23-33(28-43(37)49)50(34-24-27-40-39-13-5-8-17-45(39)52-46(40)29-34)32-21-18-30(19-22-32)35-14-9-10-31-20-25-41-38-12-4-7-16-44(38)51-48(41)47(31)35/h3-29H,1-2H3. The first-order valence-corrected chi connectivity index (χ1v) is 18.7. The Labute approximate surface area is 305 Å². The summed E-state index contributed by atoms with van der Waals surface area (Å²) in [5.41, 5.74) is 12.9. The van der Waals surface area contributed by atoms with Crippen LogP contribution < -0.4 is 4.90 Å². The van der Waals surface area contributed by atoms with E-state index in [0.717, 1.165) is 50.0 Å². The number of rotatable bonds is 4. The van der Waals surface area contributed by atoms with Crippen LogP contribution in [-0.2, 0) is 5.41 Å². The third-order valence-electron chi connectivity index (χ3n) is 11.3. The van der Waals surface area contributed by atoms with Crippen molar-refractivity contribution >= 4 is 81.3 Å². The Hall–Kier alpha value is -6.16. The van der Waals surface area contributed by atoms with E-state index in [1.807, 2.05) is 17.4 Å². The summed E-state index contributed by atoms with van der Waals surface area (Å²) in [6, 6.07) is 59.9. The van der Waals surface area contributed by atoms with Crippen molar-refractivity contribution in [2.24, 2.45) is 0 Å². The first-order chi connectivity index (χ1) is 25.5. The van der Waals surface area contributed by atoms with Gasteiger partial charge in [0.15, 0.2) is 0 Å². The molecule has 8 aromatic carbocycles. The van der Waals surface area contributed by atoms with Crippen LogP contribution >= 0.6 is 11.3 Å². The van der Waals surface area contributed by atoms with Crippen molar-refractivity contribution in [2.75, 3.05) is 4.90 Å². The number of benzene rings is 8. The molecule has 0 saturated heterocycles. The molecule has 10 aromatic rings. The predicted octanol–water partition coefficient (Wildman–Crippen LogP) is 14.6. The molecule has 1 aliphatic rings. The number of anilines is 3. The van der Waals surface area contributed by atoms with Gasteiger partial charge in [-0.3, -0.25) is 0 Å². The maximum Gasteiger partial charge on any atom is 0.143 e. The molecule has 0 atom stereocenters. The molecule has 246 valence electrons. The molecule has 1 aliphatic carbocycles. The normalized spacial score (nSPS) is 13.3. The molecule has 0 saturated carbocycles. The Kier molecular flexibility index (Phi) is 6.21. The van der Waals surface area contributed by atoms with Crippen molar-refractivity contribution in [1.29, 1.82) is 0 Å². The van der Waals surface area contributed by atoms with Gasteiger partial charge in [0.2, 0.25) is 0 Å². The molecule has 0 bridgehead atoms. The monoisotopic (exact) mass is 683 g/mol. The van der Waals surface area contributed by atoms with Crippen LogP contribution in [0.25, 0.3) is 75.1 Å². The van der Waals surface area contributed by atoms with Gasteiger partial charge in [-0.25, -0.2) is 0 Å². The van der Waals surface area contributed by atoms with Crippen molar-refractivity contribution in [2.45, 2.75) is 19.3 Å². The minimum atomic E-state index is -0.0940. The fraction of sp³-hybridized carbons (Fsp3) is 0.0612. The largest absolute Gasteiger partial charge is 0.455 e. The van der Waals surface area contributed by atoms with Crippen molar-refractivity contribution in [3.05, 3.63) is 175 Å². The van der Waals surface area contributed by atoms with E-state index in [1.54, 1.807) is 0 Å². The molecular weight excluding hydrogens is 651 g/mol. The minimum absolute atomic E-state index is 0.0940. The topological polar surface area (TPSA) is 16.4 Å². The predicted molar refractivity (Wildman–Crippen MR) is 222 cm³/mol. The highest BCUT2D eigenvalue weighted by Gasteiger charge is 2.35. The molecule has 0 unspecified atom stereocenters. The summed E-state index contributed by atoms with van der Waals surface area (Å²) in [5, 5.41) is 7.24. The number of nitrogens with zero attached hydrogens (tertiary/aromatic N) is 1. The van der Waals surface area contributed by atoms with Gasteiger partial charge in [-0.15, -0.1) is 11.3 Å². The van der Waals surface area contributed by atoms with E-state index >= 15 is 0 Å². The Morgan fingerprint density at radius 2 is 1.15 bits per heavy atom. The average Bonchev–Trinajstić information content (AvgIpc) is 3.83. The van der Waals surface area contributed by atoms with Crippen LogP contribution in [0.5, 0.6) is 0 Å². The number of hydrogen-bond acceptors (Lipinski definition) is 3. The lowest BCUT2D eigenvalue weighted by molar-refractivity contribution is 0.660. The molecule has 11 rings (SSSR count). The lowest BCUT2D eigenvalue weighted by Gasteiger charge is -2.28. The van der Waals surface area contributed by atoms with Gasteiger partial charge in [0.25, 0.3) is 0 Å². The van der Waals surface area contributed by atoms with Gasteiger partial charge >= 0.3 is 0 Å². The molecule has 2 heterocycles. The fourth-order valence-electron chi connectivity index (χ4n) is 8.72. The van der Waals surface area contributed by atoms with E-state index in [0.29, 0.717) is 0 Å². The zero-order valence-corrected chi connectivity index (χ0v) is 29.7. The van der Waals surface area contributed by atoms with Crippen LogP contribution in [0.4, 0.5) is 17.1 Å². The van der Waals surface area contributed by atoms with Crippen molar-refractivity contribution in [3.8, 4) is 22.3 Å². The second kappa shape index (κ2) is 10.9. The number of fused-ring (bicyclic) bond motifs is 11. The number of para-hydroxylation sites is 1. The Morgan fingerprint density at radius 3 is 2.06 bits per heavy atom. The molecular formula is C49H33NOS. The highest BCUT2D eigenvalue weighted by Crippen LogP contribution is 2.51. The smallest absolute Gasteiger partial charge is 0.143 e. The van der Waals surface area contributed by atoms with Gasteiger partial charge < -0.3 is 9.32 Å². The van der Waals surface area contributed by atoms with Gasteiger partial charge in [-0.1, -0.05) is 123 Å². The van der Waals surface area contributed by atoms with Gasteiger partial charge in [-0.05, 0) is 93.4 Å². The summed E-state index contributed by atoms with van der Waals surface area (Å²) in [6.45, 7) is 4.71. The molecule has 2 nitrogen and oxygen atoms in total. The van der Waals surface area contributed by atoms with Crippen LogP contribution in [0, 0.1) is 0 Å². The number of hydrogen-bond donors (Lipinski definition) is 0. The highest BCUT2D eigenvalue weighted by molar-refractivity contribution is 7.25. The van der Waals surface area contributed by atoms with Crippen LogP contribution in [0.2, 0.25) is 0 Å². The summed E-state index contributed by atoms with van der Waals surface area (Å²) in [5.74, 6) is 0. The third-order valence-corrected chi connectivity index (χ3v) is 12.4. The molecule has 2 aromatic heterocycles. The van der Waals surface area contributed by atoms with Gasteiger partial charge in [-0.2, -0.15) is 0 Å². The second-order valence-corrected chi connectivity index (χ2v) is 15.6. The maximum atomic E-state index is 6.53. The minimum Gasteiger partial charge on any atom is -0.455 e. The summed E-state index contributed by atoms with van der Waals surface area (Å²) >= 11 is 1.86. The van der Waals surface area contributed by atoms with Gasteiger partial charge in [0.05, 0.1) is 0 Å². The lowest BCUT2D eigenvalue weighted by Crippen LogP contribution is -2.16. The van der Waals surface area contributed by atoms with E-state index in [4.69, 9.17) is 4.42 Å². The molecule has 52 heavy (non-hydrogen) atoms. The van der Waals surface area contributed by atoms with Crippen molar-refractivity contribution in [1.82, 2.24) is 0 Å². The van der Waals surface area contributed by atoms with Crippen LogP contribution in [-0.4, -0.2) is 0 Å². The summed E-state index contributed by atoms with van der Waals surface area (Å²) in [4.78, 5) is 2.42. The molecule has 0 spiro atoms. The van der Waals surface area contributed by atoms with Crippen molar-refractivity contribution in [3.63, 3.8) is 0 Å². The van der Waals surface area contributed by atoms with E-state index in [-0.39, 0.29) is 5.41 Å². The third kappa shape index (κ3) is 4.23. The first kappa shape index (κ1) is 29.6. The zero-order valence-electron chi connectivity index (χ0n) is 28.9. The fourth-order valence-corrected chi connectivity index (χ4v) is 9.85. The lowest BCUT2D eigenvalue weighted by atomic mass is 9.82. The Morgan fingerprint density at radius 1 is 0.481 bits per heavy atom. The Bertz CT molecular complexity index is 3050. The van der Waals surface area contributed by atoms with Crippen LogP contribution in [0.1, 0.15) is 25.0 Å². The number of thiophene rings is 1. The molecule has 0 fully saturated rings. The quantitative estimate of drug-likeness (QED) is 0.184. The van der Waals surface area contributed by atoms with Crippen molar-refractivity contribution < 1.29 is 4.42 Å². The van der Waals surface area contributed by atoms with E-state index in [1.165, 1.54) is 53.4 Å². The average molecular weight is 684 g/mol. The molecule has 0 aliphatic heterocycles. The zero-order chi connectivity index (χ0) is 34.6. The van der Waals surface area contributed by atoms with E-state index in [9.17, 15) is 0 Å². The second-order valence-electron chi connectivity index (χ2n) is 14.5. The summed E-state index contributed by atoms with van der Waals surface area (Å²) in [7, 11) is 0. The summed E-state index contributed by atoms with van der Waals surface area (Å²) < 4.78 is 9.14. The molecule has 3 heteroatoms. The SMILES string of the molecule is CC1(C)c2ccccc2-c2ccc(N(c3ccc(-c4cccc5ccc6c7ccccc7oc6c45)cc3)c3ccc4c(c3)sc3ccccc34)cc21. The van der Waals surface area contributed by atoms with E-state index < -0.39 is 0 Å². The molecule has 0 amide bonds. The molecule has 0 N–H and O–H groups in total. The summed E-state index contributed by atoms with van der Waals surface area (Å²) in [6.07, 6.45) is 0. The molecule has 0 radical (unpaired) electrons. The first-order valence-electron chi connectivity index (χ1n) is 17.9. The van der Waals surface area contributed by atoms with E-state index in [2.05, 4.69) is 176 Å². The number of furan rings is 1. The highest BCUT2D eigenvalue weighted by atomic mass is 32.1. The van der Waals surface area contributed by atoms with Gasteiger partial charge in [0, 0.05) is 58.8 Å². The van der Waals surface area contributed by atoms with Crippen LogP contribution in [0.3, 0.4) is 0 Å². The Balaban J connectivity index is 1.08.